The van der Waals surface area contributed by atoms with E-state index in [2.05, 4.69) is 10.6 Å². The average molecular weight is 487 g/mol. The number of benzene rings is 2. The Morgan fingerprint density at radius 3 is 2.38 bits per heavy atom. The van der Waals surface area contributed by atoms with Crippen molar-refractivity contribution in [2.45, 2.75) is 48.4 Å². The molecule has 34 heavy (non-hydrogen) atoms. The first kappa shape index (κ1) is 24.1. The lowest BCUT2D eigenvalue weighted by Crippen LogP contribution is -2.38. The molecule has 1 aliphatic heterocycles. The summed E-state index contributed by atoms with van der Waals surface area (Å²) in [6, 6.07) is 11.7. The Morgan fingerprint density at radius 1 is 1.00 bits per heavy atom. The van der Waals surface area contributed by atoms with Crippen LogP contribution < -0.4 is 15.4 Å². The van der Waals surface area contributed by atoms with E-state index in [1.807, 2.05) is 6.07 Å². The summed E-state index contributed by atoms with van der Waals surface area (Å²) in [5.74, 6) is -1.11. The number of nitrogens with one attached hydrogen (secondary N) is 2. The van der Waals surface area contributed by atoms with Crippen molar-refractivity contribution >= 4 is 29.5 Å². The van der Waals surface area contributed by atoms with Gasteiger partial charge in [0.05, 0.1) is 17.3 Å². The maximum absolute atomic E-state index is 13.8. The number of ether oxygens (including phenoxy) is 1. The van der Waals surface area contributed by atoms with Gasteiger partial charge in [0.25, 0.3) is 5.91 Å². The molecule has 2 amide bonds. The van der Waals surface area contributed by atoms with Crippen LogP contribution in [0.1, 0.15) is 41.6 Å². The molecule has 9 heteroatoms. The minimum absolute atomic E-state index is 0.0128. The maximum atomic E-state index is 13.8. The number of thioether (sulfide) groups is 1. The number of carbonyl (C=O) groups excluding carboxylic acids is 2. The molecule has 180 valence electrons. The highest BCUT2D eigenvalue weighted by Gasteiger charge is 2.30. The molecule has 2 aromatic rings. The molecule has 2 aliphatic rings. The number of amides is 2. The van der Waals surface area contributed by atoms with Crippen LogP contribution in [0.25, 0.3) is 0 Å². The number of aliphatic carboxylic acids is 1. The molecule has 1 fully saturated rings. The average Bonchev–Trinajstić information content (AvgIpc) is 3.28. The van der Waals surface area contributed by atoms with Crippen molar-refractivity contribution in [2.24, 2.45) is 5.92 Å². The van der Waals surface area contributed by atoms with Gasteiger partial charge < -0.3 is 20.5 Å². The second-order valence-corrected chi connectivity index (χ2v) is 9.75. The molecule has 1 aliphatic carbocycles. The molecule has 3 N–H and O–H groups in total. The van der Waals surface area contributed by atoms with Crippen LogP contribution >= 0.6 is 11.8 Å². The van der Waals surface area contributed by atoms with Crippen molar-refractivity contribution < 1.29 is 28.6 Å². The van der Waals surface area contributed by atoms with Crippen LogP contribution in [-0.4, -0.2) is 47.3 Å². The first-order valence-electron chi connectivity index (χ1n) is 11.4. The van der Waals surface area contributed by atoms with Gasteiger partial charge in [0.15, 0.2) is 0 Å². The Kier molecular flexibility index (Phi) is 7.72. The van der Waals surface area contributed by atoms with Crippen LogP contribution in [0.2, 0.25) is 0 Å². The van der Waals surface area contributed by atoms with Gasteiger partial charge in [-0.1, -0.05) is 12.1 Å². The number of hydrogen-bond donors (Lipinski definition) is 3. The van der Waals surface area contributed by atoms with Crippen molar-refractivity contribution in [1.29, 1.82) is 0 Å². The Bertz CT molecular complexity index is 1050. The number of carboxylic acid groups (broad SMARTS) is 1. The molecule has 4 rings (SSSR count). The van der Waals surface area contributed by atoms with Gasteiger partial charge in [-0.25, -0.2) is 4.39 Å². The summed E-state index contributed by atoms with van der Waals surface area (Å²) in [5, 5.41) is 14.3. The lowest BCUT2D eigenvalue weighted by atomic mass is 9.87. The minimum Gasteiger partial charge on any atom is -0.490 e. The Hall–Kier alpha value is -3.07. The van der Waals surface area contributed by atoms with E-state index >= 15 is 0 Å². The quantitative estimate of drug-likeness (QED) is 0.494. The third-order valence-corrected chi connectivity index (χ3v) is 7.52. The summed E-state index contributed by atoms with van der Waals surface area (Å²) in [6.07, 6.45) is 3.10. The standard InChI is InChI=1S/C25H27FN2O5S/c26-20-3-1-2-17-14-21(34-22(17)20)24(30)28-13-12-27-23(29)15-4-8-18(9-5-15)33-19-10-6-16(7-11-19)25(31)32/h1-5,8-9,16,19,21H,6-7,10-14H2,(H,27,29)(H,28,30)(H,31,32). The smallest absolute Gasteiger partial charge is 0.306 e. The third-order valence-electron chi connectivity index (χ3n) is 6.16. The zero-order valence-electron chi connectivity index (χ0n) is 18.6. The monoisotopic (exact) mass is 486 g/mol. The molecule has 1 unspecified atom stereocenters. The van der Waals surface area contributed by atoms with Gasteiger partial charge in [-0.05, 0) is 68.0 Å². The second-order valence-electron chi connectivity index (χ2n) is 8.54. The van der Waals surface area contributed by atoms with Crippen molar-refractivity contribution in [1.82, 2.24) is 10.6 Å². The summed E-state index contributed by atoms with van der Waals surface area (Å²) in [4.78, 5) is 36.3. The molecule has 2 aromatic carbocycles. The summed E-state index contributed by atoms with van der Waals surface area (Å²) < 4.78 is 19.8. The van der Waals surface area contributed by atoms with Crippen molar-refractivity contribution in [3.8, 4) is 5.75 Å². The van der Waals surface area contributed by atoms with Gasteiger partial charge in [-0.15, -0.1) is 11.8 Å². The van der Waals surface area contributed by atoms with Crippen LogP contribution in [0.4, 0.5) is 4.39 Å². The first-order valence-corrected chi connectivity index (χ1v) is 12.3. The van der Waals surface area contributed by atoms with Gasteiger partial charge in [0, 0.05) is 23.5 Å². The number of carboxylic acids is 1. The van der Waals surface area contributed by atoms with Gasteiger partial charge in [-0.3, -0.25) is 14.4 Å². The molecular formula is C25H27FN2O5S. The molecule has 0 aromatic heterocycles. The van der Waals surface area contributed by atoms with Crippen LogP contribution in [0.15, 0.2) is 47.4 Å². The van der Waals surface area contributed by atoms with Gasteiger partial charge in [-0.2, -0.15) is 0 Å². The highest BCUT2D eigenvalue weighted by atomic mass is 32.2. The van der Waals surface area contributed by atoms with Gasteiger partial charge in [0.1, 0.15) is 11.6 Å². The topological polar surface area (TPSA) is 105 Å². The normalized spacial score (nSPS) is 21.4. The third kappa shape index (κ3) is 5.88. The van der Waals surface area contributed by atoms with Crippen LogP contribution in [0.5, 0.6) is 5.75 Å². The van der Waals surface area contributed by atoms with E-state index in [9.17, 15) is 18.8 Å². The van der Waals surface area contributed by atoms with Crippen molar-refractivity contribution in [3.05, 3.63) is 59.4 Å². The van der Waals surface area contributed by atoms with Crippen LogP contribution in [0, 0.1) is 11.7 Å². The first-order chi connectivity index (χ1) is 16.4. The highest BCUT2D eigenvalue weighted by molar-refractivity contribution is 8.01. The second kappa shape index (κ2) is 10.9. The number of hydrogen-bond acceptors (Lipinski definition) is 5. The predicted molar refractivity (Wildman–Crippen MR) is 126 cm³/mol. The van der Waals surface area contributed by atoms with E-state index in [0.29, 0.717) is 48.3 Å². The van der Waals surface area contributed by atoms with Gasteiger partial charge in [0.2, 0.25) is 5.91 Å². The molecule has 0 radical (unpaired) electrons. The highest BCUT2D eigenvalue weighted by Crippen LogP contribution is 2.38. The summed E-state index contributed by atoms with van der Waals surface area (Å²) in [5.41, 5.74) is 1.32. The van der Waals surface area contributed by atoms with Crippen LogP contribution in [-0.2, 0) is 16.0 Å². The van der Waals surface area contributed by atoms with E-state index in [4.69, 9.17) is 9.84 Å². The van der Waals surface area contributed by atoms with Crippen molar-refractivity contribution in [3.63, 3.8) is 0 Å². The Labute approximate surface area is 201 Å². The maximum Gasteiger partial charge on any atom is 0.306 e. The summed E-state index contributed by atoms with van der Waals surface area (Å²) in [7, 11) is 0. The number of fused-ring (bicyclic) bond motifs is 1. The lowest BCUT2D eigenvalue weighted by molar-refractivity contribution is -0.143. The fourth-order valence-corrected chi connectivity index (χ4v) is 5.48. The van der Waals surface area contributed by atoms with E-state index < -0.39 is 5.97 Å². The number of rotatable bonds is 8. The molecule has 7 nitrogen and oxygen atoms in total. The Balaban J connectivity index is 1.16. The molecule has 1 heterocycles. The Morgan fingerprint density at radius 2 is 1.71 bits per heavy atom. The fraction of sp³-hybridized carbons (Fsp3) is 0.400. The number of halogens is 1. The fourth-order valence-electron chi connectivity index (χ4n) is 4.26. The van der Waals surface area contributed by atoms with Crippen LogP contribution in [0.3, 0.4) is 0 Å². The van der Waals surface area contributed by atoms with Gasteiger partial charge >= 0.3 is 5.97 Å². The van der Waals surface area contributed by atoms with E-state index in [-0.39, 0.29) is 48.0 Å². The molecule has 0 bridgehead atoms. The van der Waals surface area contributed by atoms with E-state index in [0.717, 1.165) is 5.56 Å². The zero-order valence-corrected chi connectivity index (χ0v) is 19.4. The summed E-state index contributed by atoms with van der Waals surface area (Å²) in [6.45, 7) is 0.551. The molecule has 0 saturated heterocycles. The predicted octanol–water partition coefficient (Wildman–Crippen LogP) is 3.41. The van der Waals surface area contributed by atoms with Crippen molar-refractivity contribution in [2.75, 3.05) is 13.1 Å². The summed E-state index contributed by atoms with van der Waals surface area (Å²) >= 11 is 1.23. The van der Waals surface area contributed by atoms with E-state index in [1.54, 1.807) is 30.3 Å². The molecular weight excluding hydrogens is 459 g/mol. The largest absolute Gasteiger partial charge is 0.490 e. The lowest BCUT2D eigenvalue weighted by Gasteiger charge is -2.26. The number of carbonyl (C=O) groups is 3. The minimum atomic E-state index is -0.744. The SMILES string of the molecule is O=C(NCCNC(=O)C1Cc2cccc(F)c2S1)c1ccc(OC2CCC(C(=O)O)CC2)cc1. The van der Waals surface area contributed by atoms with E-state index in [1.165, 1.54) is 17.8 Å². The molecule has 0 spiro atoms. The molecule has 1 atom stereocenters. The molecule has 1 saturated carbocycles. The zero-order chi connectivity index (χ0) is 24.1.